The van der Waals surface area contributed by atoms with Gasteiger partial charge in [0, 0.05) is 11.1 Å². The summed E-state index contributed by atoms with van der Waals surface area (Å²) in [7, 11) is 1.49. The molecule has 2 aliphatic heterocycles. The molecule has 7 nitrogen and oxygen atoms in total. The van der Waals surface area contributed by atoms with Crippen molar-refractivity contribution in [3.05, 3.63) is 63.0 Å². The van der Waals surface area contributed by atoms with Gasteiger partial charge in [0.2, 0.25) is 5.43 Å². The van der Waals surface area contributed by atoms with Gasteiger partial charge >= 0.3 is 0 Å². The Morgan fingerprint density at radius 1 is 0.974 bits per heavy atom. The van der Waals surface area contributed by atoms with Crippen molar-refractivity contribution in [1.29, 1.82) is 0 Å². The molecule has 0 amide bonds. The van der Waals surface area contributed by atoms with Crippen LogP contribution in [0.1, 0.15) is 58.2 Å². The van der Waals surface area contributed by atoms with Crippen molar-refractivity contribution in [3.8, 4) is 39.9 Å². The van der Waals surface area contributed by atoms with Gasteiger partial charge in [-0.05, 0) is 78.3 Å². The molecule has 0 aliphatic carbocycles. The number of fused-ring (bicyclic) bond motifs is 3. The smallest absolute Gasteiger partial charge is 0.204 e. The summed E-state index contributed by atoms with van der Waals surface area (Å²) in [5, 5.41) is 22.2. The summed E-state index contributed by atoms with van der Waals surface area (Å²) in [5.41, 5.74) is 1.76. The first-order valence-corrected chi connectivity index (χ1v) is 12.5. The summed E-state index contributed by atoms with van der Waals surface area (Å²) in [6.45, 7) is 11.6. The minimum absolute atomic E-state index is 0.0403. The van der Waals surface area contributed by atoms with E-state index < -0.39 is 16.6 Å². The molecule has 2 aliphatic rings. The first kappa shape index (κ1) is 25.5. The fourth-order valence-corrected chi connectivity index (χ4v) is 4.86. The maximum atomic E-state index is 14.0. The first-order chi connectivity index (χ1) is 17.8. The molecule has 3 aromatic rings. The summed E-state index contributed by atoms with van der Waals surface area (Å²) in [4.78, 5) is 14.0. The Hall–Kier alpha value is -4.13. The van der Waals surface area contributed by atoms with Crippen molar-refractivity contribution >= 4 is 23.1 Å². The second-order valence-electron chi connectivity index (χ2n) is 11.0. The predicted molar refractivity (Wildman–Crippen MR) is 148 cm³/mol. The molecule has 0 saturated carbocycles. The summed E-state index contributed by atoms with van der Waals surface area (Å²) in [6, 6.07) is 1.43. The lowest BCUT2D eigenvalue weighted by molar-refractivity contribution is 0.152. The van der Waals surface area contributed by atoms with Gasteiger partial charge in [0.05, 0.1) is 23.8 Å². The Kier molecular flexibility index (Phi) is 5.86. The zero-order chi connectivity index (χ0) is 27.6. The third-order valence-electron chi connectivity index (χ3n) is 6.77. The average Bonchev–Trinajstić information content (AvgIpc) is 2.83. The second kappa shape index (κ2) is 8.72. The van der Waals surface area contributed by atoms with Crippen LogP contribution in [0, 0.1) is 0 Å². The number of ether oxygens (including phenoxy) is 3. The number of allylic oxidation sites excluding steroid dienone is 2. The van der Waals surface area contributed by atoms with E-state index >= 15 is 0 Å². The maximum Gasteiger partial charge on any atom is 0.204 e. The zero-order valence-corrected chi connectivity index (χ0v) is 22.7. The lowest BCUT2D eigenvalue weighted by Gasteiger charge is -2.30. The molecule has 0 unspecified atom stereocenters. The summed E-state index contributed by atoms with van der Waals surface area (Å²) < 4.78 is 24.0. The molecule has 0 atom stereocenters. The van der Waals surface area contributed by atoms with Gasteiger partial charge in [-0.2, -0.15) is 0 Å². The van der Waals surface area contributed by atoms with Crippen molar-refractivity contribution in [2.75, 3.05) is 7.11 Å². The highest BCUT2D eigenvalue weighted by Gasteiger charge is 2.32. The quantitative estimate of drug-likeness (QED) is 0.370. The van der Waals surface area contributed by atoms with E-state index in [9.17, 15) is 15.0 Å². The van der Waals surface area contributed by atoms with Crippen molar-refractivity contribution in [2.45, 2.75) is 59.2 Å². The minimum atomic E-state index is -0.615. The van der Waals surface area contributed by atoms with Crippen LogP contribution in [0.15, 0.2) is 45.3 Å². The highest BCUT2D eigenvalue weighted by molar-refractivity contribution is 5.96. The molecule has 7 heteroatoms. The number of rotatable bonds is 4. The lowest BCUT2D eigenvalue weighted by atomic mass is 9.92. The van der Waals surface area contributed by atoms with Crippen LogP contribution < -0.4 is 19.6 Å². The van der Waals surface area contributed by atoms with Gasteiger partial charge in [-0.15, -0.1) is 0 Å². The minimum Gasteiger partial charge on any atom is -0.506 e. The molecule has 5 rings (SSSR count). The van der Waals surface area contributed by atoms with Crippen LogP contribution in [-0.4, -0.2) is 28.5 Å². The van der Waals surface area contributed by atoms with E-state index in [0.29, 0.717) is 40.2 Å². The molecule has 38 heavy (non-hydrogen) atoms. The molecule has 2 N–H and O–H groups in total. The fourth-order valence-electron chi connectivity index (χ4n) is 4.86. The molecule has 0 spiro atoms. The molecule has 0 saturated heterocycles. The fraction of sp³-hybridized carbons (Fsp3) is 0.323. The van der Waals surface area contributed by atoms with E-state index in [1.54, 1.807) is 12.2 Å². The van der Waals surface area contributed by atoms with Crippen LogP contribution in [0.5, 0.6) is 28.7 Å². The Morgan fingerprint density at radius 3 is 2.24 bits per heavy atom. The van der Waals surface area contributed by atoms with Crippen LogP contribution in [0.3, 0.4) is 0 Å². The van der Waals surface area contributed by atoms with Crippen LogP contribution in [0.4, 0.5) is 0 Å². The van der Waals surface area contributed by atoms with E-state index in [0.717, 1.165) is 5.57 Å². The Bertz CT molecular complexity index is 1630. The molecule has 1 aromatic heterocycles. The second-order valence-corrected chi connectivity index (χ2v) is 11.0. The molecule has 0 bridgehead atoms. The van der Waals surface area contributed by atoms with Gasteiger partial charge in [0.1, 0.15) is 45.7 Å². The molecule has 198 valence electrons. The van der Waals surface area contributed by atoms with Gasteiger partial charge < -0.3 is 28.8 Å². The van der Waals surface area contributed by atoms with Crippen LogP contribution in [-0.2, 0) is 6.42 Å². The van der Waals surface area contributed by atoms with Crippen LogP contribution in [0.25, 0.3) is 34.2 Å². The van der Waals surface area contributed by atoms with E-state index in [4.69, 9.17) is 18.6 Å². The summed E-state index contributed by atoms with van der Waals surface area (Å²) in [6.07, 6.45) is 11.1. The third-order valence-corrected chi connectivity index (χ3v) is 6.77. The van der Waals surface area contributed by atoms with E-state index in [1.165, 1.54) is 19.4 Å². The zero-order valence-electron chi connectivity index (χ0n) is 22.7. The van der Waals surface area contributed by atoms with E-state index in [1.807, 2.05) is 59.8 Å². The number of methoxy groups -OCH3 is 1. The monoisotopic (exact) mass is 516 g/mol. The number of phenols is 2. The highest BCUT2D eigenvalue weighted by Crippen LogP contribution is 2.49. The van der Waals surface area contributed by atoms with Gasteiger partial charge in [0.25, 0.3) is 0 Å². The van der Waals surface area contributed by atoms with Crippen molar-refractivity contribution in [2.24, 2.45) is 0 Å². The number of benzene rings is 2. The Morgan fingerprint density at radius 2 is 1.61 bits per heavy atom. The number of hydrogen-bond donors (Lipinski definition) is 2. The first-order valence-electron chi connectivity index (χ1n) is 12.5. The average molecular weight is 517 g/mol. The molecule has 0 fully saturated rings. The standard InChI is InChI=1S/C31H32O7/c1-16(2)8-9-18-27-17(10-12-30(3,4)37-27)24(33)23-25(34)21(15-36-29(18)23)20-14-22(32)28-19(26(20)35-7)11-13-31(5,6)38-28/h8,10-15,32-33H,9H2,1-7H3. The molecule has 2 aromatic carbocycles. The number of phenolic OH excluding ortho intramolecular Hbond substituents is 2. The van der Waals surface area contributed by atoms with Gasteiger partial charge in [-0.1, -0.05) is 11.6 Å². The SMILES string of the molecule is COc1c(-c2coc3c(CC=C(C)C)c4c(c(O)c3c2=O)C=CC(C)(C)O4)cc(O)c2c1C=CC(C)(C)O2. The third kappa shape index (κ3) is 4.12. The van der Waals surface area contributed by atoms with E-state index in [2.05, 4.69) is 0 Å². The van der Waals surface area contributed by atoms with Crippen molar-refractivity contribution in [3.63, 3.8) is 0 Å². The van der Waals surface area contributed by atoms with E-state index in [-0.39, 0.29) is 33.8 Å². The highest BCUT2D eigenvalue weighted by atomic mass is 16.5. The Labute approximate surface area is 221 Å². The van der Waals surface area contributed by atoms with Gasteiger partial charge in [-0.3, -0.25) is 4.79 Å². The largest absolute Gasteiger partial charge is 0.506 e. The lowest BCUT2D eigenvalue weighted by Crippen LogP contribution is -2.28. The van der Waals surface area contributed by atoms with Crippen LogP contribution >= 0.6 is 0 Å². The predicted octanol–water partition coefficient (Wildman–Crippen LogP) is 6.76. The topological polar surface area (TPSA) is 98.4 Å². The van der Waals surface area contributed by atoms with Crippen molar-refractivity contribution in [1.82, 2.24) is 0 Å². The molecule has 0 radical (unpaired) electrons. The molecular weight excluding hydrogens is 484 g/mol. The summed E-state index contributed by atoms with van der Waals surface area (Å²) >= 11 is 0. The normalized spacial score (nSPS) is 16.3. The number of hydrogen-bond acceptors (Lipinski definition) is 7. The Balaban J connectivity index is 1.81. The molecular formula is C31H32O7. The van der Waals surface area contributed by atoms with Crippen molar-refractivity contribution < 1.29 is 28.8 Å². The molecule has 3 heterocycles. The summed E-state index contributed by atoms with van der Waals surface area (Å²) in [5.74, 6) is 0.761. The maximum absolute atomic E-state index is 14.0. The van der Waals surface area contributed by atoms with Gasteiger partial charge in [-0.25, -0.2) is 0 Å². The van der Waals surface area contributed by atoms with Crippen LogP contribution in [0.2, 0.25) is 0 Å². The van der Waals surface area contributed by atoms with Gasteiger partial charge in [0.15, 0.2) is 11.5 Å². The number of aromatic hydroxyl groups is 2.